The number of hydrogen-bond donors (Lipinski definition) is 1. The standard InChI is InChI=1S/C14H17FN2O/c1-4-12-9(2)16-17(10(12)3)14-11(8-18)6-5-7-13(14)15/h5-7,18H,4,8H2,1-3H3. The molecule has 1 heterocycles. The molecule has 1 aromatic carbocycles. The molecule has 0 aliphatic rings. The van der Waals surface area contributed by atoms with Gasteiger partial charge < -0.3 is 5.11 Å². The SMILES string of the molecule is CCc1c(C)nn(-c2c(F)cccc2CO)c1C. The minimum Gasteiger partial charge on any atom is -0.392 e. The van der Waals surface area contributed by atoms with Crippen LogP contribution in [0.5, 0.6) is 0 Å². The van der Waals surface area contributed by atoms with Crippen molar-refractivity contribution < 1.29 is 9.50 Å². The number of aromatic nitrogens is 2. The molecule has 4 heteroatoms. The molecule has 0 spiro atoms. The van der Waals surface area contributed by atoms with Gasteiger partial charge in [0, 0.05) is 11.3 Å². The van der Waals surface area contributed by atoms with Crippen molar-refractivity contribution in [2.45, 2.75) is 33.8 Å². The smallest absolute Gasteiger partial charge is 0.149 e. The van der Waals surface area contributed by atoms with Crippen LogP contribution in [0.2, 0.25) is 0 Å². The highest BCUT2D eigenvalue weighted by Crippen LogP contribution is 2.23. The number of benzene rings is 1. The number of rotatable bonds is 3. The maximum atomic E-state index is 14.0. The van der Waals surface area contributed by atoms with Gasteiger partial charge in [0.15, 0.2) is 0 Å². The zero-order valence-corrected chi connectivity index (χ0v) is 10.9. The number of halogens is 1. The zero-order chi connectivity index (χ0) is 13.3. The molecule has 2 rings (SSSR count). The first kappa shape index (κ1) is 12.8. The first-order chi connectivity index (χ1) is 8.60. The lowest BCUT2D eigenvalue weighted by atomic mass is 10.1. The Morgan fingerprint density at radius 2 is 2.06 bits per heavy atom. The van der Waals surface area contributed by atoms with Crippen molar-refractivity contribution in [3.63, 3.8) is 0 Å². The minimum atomic E-state index is -0.366. The van der Waals surface area contributed by atoms with E-state index in [0.717, 1.165) is 23.4 Å². The van der Waals surface area contributed by atoms with Gasteiger partial charge in [0.1, 0.15) is 11.5 Å². The van der Waals surface area contributed by atoms with Crippen molar-refractivity contribution >= 4 is 0 Å². The predicted molar refractivity (Wildman–Crippen MR) is 68.3 cm³/mol. The van der Waals surface area contributed by atoms with E-state index >= 15 is 0 Å². The maximum Gasteiger partial charge on any atom is 0.149 e. The lowest BCUT2D eigenvalue weighted by Crippen LogP contribution is -2.06. The van der Waals surface area contributed by atoms with Gasteiger partial charge in [0.25, 0.3) is 0 Å². The Labute approximate surface area is 106 Å². The van der Waals surface area contributed by atoms with Gasteiger partial charge in [-0.3, -0.25) is 0 Å². The summed E-state index contributed by atoms with van der Waals surface area (Å²) >= 11 is 0. The van der Waals surface area contributed by atoms with E-state index < -0.39 is 0 Å². The van der Waals surface area contributed by atoms with Gasteiger partial charge in [0.2, 0.25) is 0 Å². The van der Waals surface area contributed by atoms with Crippen LogP contribution in [0.25, 0.3) is 5.69 Å². The number of hydrogen-bond acceptors (Lipinski definition) is 2. The summed E-state index contributed by atoms with van der Waals surface area (Å²) in [5.41, 5.74) is 3.85. The van der Waals surface area contributed by atoms with Crippen LogP contribution in [0.1, 0.15) is 29.4 Å². The highest BCUT2D eigenvalue weighted by molar-refractivity contribution is 5.44. The fraction of sp³-hybridized carbons (Fsp3) is 0.357. The second-order valence-electron chi connectivity index (χ2n) is 4.32. The first-order valence-electron chi connectivity index (χ1n) is 6.03. The van der Waals surface area contributed by atoms with Gasteiger partial charge in [-0.25, -0.2) is 9.07 Å². The molecule has 3 nitrogen and oxygen atoms in total. The van der Waals surface area contributed by atoms with Crippen LogP contribution in [0, 0.1) is 19.7 Å². The molecule has 0 aliphatic carbocycles. The van der Waals surface area contributed by atoms with Gasteiger partial charge in [0.05, 0.1) is 12.3 Å². The largest absolute Gasteiger partial charge is 0.392 e. The Morgan fingerprint density at radius 1 is 1.33 bits per heavy atom. The minimum absolute atomic E-state index is 0.201. The van der Waals surface area contributed by atoms with Gasteiger partial charge >= 0.3 is 0 Å². The number of aliphatic hydroxyl groups is 1. The Bertz CT molecular complexity index is 575. The van der Waals surface area contributed by atoms with E-state index in [1.165, 1.54) is 6.07 Å². The van der Waals surface area contributed by atoms with E-state index in [2.05, 4.69) is 12.0 Å². The summed E-state index contributed by atoms with van der Waals surface area (Å²) in [5, 5.41) is 13.7. The summed E-state index contributed by atoms with van der Waals surface area (Å²) < 4.78 is 15.6. The highest BCUT2D eigenvalue weighted by Gasteiger charge is 2.16. The highest BCUT2D eigenvalue weighted by atomic mass is 19.1. The van der Waals surface area contributed by atoms with E-state index in [1.54, 1.807) is 16.8 Å². The van der Waals surface area contributed by atoms with Crippen molar-refractivity contribution in [3.8, 4) is 5.69 Å². The fourth-order valence-corrected chi connectivity index (χ4v) is 2.33. The van der Waals surface area contributed by atoms with E-state index in [1.807, 2.05) is 13.8 Å². The Kier molecular flexibility index (Phi) is 3.48. The third kappa shape index (κ3) is 1.93. The van der Waals surface area contributed by atoms with Crippen LogP contribution in [0.15, 0.2) is 18.2 Å². The fourth-order valence-electron chi connectivity index (χ4n) is 2.33. The zero-order valence-electron chi connectivity index (χ0n) is 10.9. The third-order valence-corrected chi connectivity index (χ3v) is 3.25. The molecule has 0 bridgehead atoms. The van der Waals surface area contributed by atoms with Crippen molar-refractivity contribution in [2.24, 2.45) is 0 Å². The lowest BCUT2D eigenvalue weighted by Gasteiger charge is -2.10. The van der Waals surface area contributed by atoms with Crippen molar-refractivity contribution in [2.75, 3.05) is 0 Å². The predicted octanol–water partition coefficient (Wildman–Crippen LogP) is 2.68. The van der Waals surface area contributed by atoms with Crippen molar-refractivity contribution in [1.82, 2.24) is 9.78 Å². The first-order valence-corrected chi connectivity index (χ1v) is 6.03. The van der Waals surface area contributed by atoms with Crippen LogP contribution in [-0.4, -0.2) is 14.9 Å². The molecule has 2 aromatic rings. The van der Waals surface area contributed by atoms with E-state index in [0.29, 0.717) is 11.3 Å². The van der Waals surface area contributed by atoms with Gasteiger partial charge in [-0.1, -0.05) is 19.1 Å². The Hall–Kier alpha value is -1.68. The molecular formula is C14H17FN2O. The number of aryl methyl sites for hydroxylation is 1. The molecule has 0 atom stereocenters. The Morgan fingerprint density at radius 3 is 2.61 bits per heavy atom. The summed E-state index contributed by atoms with van der Waals surface area (Å²) in [5.74, 6) is -0.366. The monoisotopic (exact) mass is 248 g/mol. The third-order valence-electron chi connectivity index (χ3n) is 3.25. The van der Waals surface area contributed by atoms with Crippen LogP contribution < -0.4 is 0 Å². The topological polar surface area (TPSA) is 38.0 Å². The van der Waals surface area contributed by atoms with E-state index in [-0.39, 0.29) is 12.4 Å². The quantitative estimate of drug-likeness (QED) is 0.906. The number of nitrogens with zero attached hydrogens (tertiary/aromatic N) is 2. The average Bonchev–Trinajstić information content (AvgIpc) is 2.63. The molecule has 0 fully saturated rings. The van der Waals surface area contributed by atoms with Crippen LogP contribution >= 0.6 is 0 Å². The Balaban J connectivity index is 2.69. The van der Waals surface area contributed by atoms with Crippen LogP contribution in [0.3, 0.4) is 0 Å². The summed E-state index contributed by atoms with van der Waals surface area (Å²) in [6, 6.07) is 4.69. The van der Waals surface area contributed by atoms with Gasteiger partial charge in [-0.05, 0) is 31.9 Å². The van der Waals surface area contributed by atoms with E-state index in [9.17, 15) is 9.50 Å². The number of para-hydroxylation sites is 1. The maximum absolute atomic E-state index is 14.0. The molecule has 0 radical (unpaired) electrons. The molecule has 0 saturated carbocycles. The molecular weight excluding hydrogens is 231 g/mol. The second-order valence-corrected chi connectivity index (χ2v) is 4.32. The molecule has 96 valence electrons. The number of aliphatic hydroxyl groups excluding tert-OH is 1. The molecule has 0 unspecified atom stereocenters. The van der Waals surface area contributed by atoms with Crippen molar-refractivity contribution in [3.05, 3.63) is 46.5 Å². The molecule has 0 saturated heterocycles. The molecule has 0 aliphatic heterocycles. The van der Waals surface area contributed by atoms with E-state index in [4.69, 9.17) is 0 Å². The summed E-state index contributed by atoms with van der Waals surface area (Å²) in [6.07, 6.45) is 0.862. The van der Waals surface area contributed by atoms with Gasteiger partial charge in [-0.15, -0.1) is 0 Å². The van der Waals surface area contributed by atoms with Crippen LogP contribution in [0.4, 0.5) is 4.39 Å². The van der Waals surface area contributed by atoms with Gasteiger partial charge in [-0.2, -0.15) is 5.10 Å². The average molecular weight is 248 g/mol. The lowest BCUT2D eigenvalue weighted by molar-refractivity contribution is 0.280. The van der Waals surface area contributed by atoms with Crippen LogP contribution in [-0.2, 0) is 13.0 Å². The molecule has 18 heavy (non-hydrogen) atoms. The summed E-state index contributed by atoms with van der Waals surface area (Å²) in [6.45, 7) is 5.69. The molecule has 1 N–H and O–H groups in total. The molecule has 0 amide bonds. The summed E-state index contributed by atoms with van der Waals surface area (Å²) in [7, 11) is 0. The summed E-state index contributed by atoms with van der Waals surface area (Å²) in [4.78, 5) is 0. The van der Waals surface area contributed by atoms with Crippen molar-refractivity contribution in [1.29, 1.82) is 0 Å². The molecule has 1 aromatic heterocycles. The normalized spacial score (nSPS) is 10.9. The second kappa shape index (κ2) is 4.90.